The van der Waals surface area contributed by atoms with E-state index < -0.39 is 10.0 Å². The highest BCUT2D eigenvalue weighted by Crippen LogP contribution is 2.31. The maximum Gasteiger partial charge on any atom is 0.212 e. The Bertz CT molecular complexity index is 244. The molecule has 3 nitrogen and oxygen atoms in total. The summed E-state index contributed by atoms with van der Waals surface area (Å²) in [7, 11) is -2.98. The Labute approximate surface area is 61.4 Å². The minimum atomic E-state index is -2.98. The van der Waals surface area contributed by atoms with Gasteiger partial charge in [-0.25, -0.2) is 8.42 Å². The van der Waals surface area contributed by atoms with Crippen LogP contribution in [0.5, 0.6) is 0 Å². The number of hydrogen-bond acceptors (Lipinski definition) is 2. The van der Waals surface area contributed by atoms with Crippen molar-refractivity contribution in [2.24, 2.45) is 0 Å². The molecule has 58 valence electrons. The van der Waals surface area contributed by atoms with Crippen molar-refractivity contribution in [3.05, 3.63) is 12.7 Å². The molecule has 0 bridgehead atoms. The summed E-state index contributed by atoms with van der Waals surface area (Å²) in [6.07, 6.45) is 2.87. The molecule has 0 N–H and O–H groups in total. The third-order valence-corrected chi connectivity index (χ3v) is 3.07. The van der Waals surface area contributed by atoms with Crippen LogP contribution >= 0.6 is 0 Å². The molecule has 1 rings (SSSR count). The number of sulfonamides is 1. The fraction of sp³-hybridized carbons (Fsp3) is 0.667. The molecule has 1 unspecified atom stereocenters. The molecule has 0 saturated carbocycles. The summed E-state index contributed by atoms with van der Waals surface area (Å²) < 4.78 is 23.1. The number of hydrogen-bond donors (Lipinski definition) is 0. The van der Waals surface area contributed by atoms with Crippen molar-refractivity contribution in [2.45, 2.75) is 19.0 Å². The van der Waals surface area contributed by atoms with Crippen molar-refractivity contribution in [3.63, 3.8) is 0 Å². The lowest BCUT2D eigenvalue weighted by Crippen LogP contribution is -2.11. The predicted molar refractivity (Wildman–Crippen MR) is 40.1 cm³/mol. The van der Waals surface area contributed by atoms with E-state index >= 15 is 0 Å². The Morgan fingerprint density at radius 2 is 2.10 bits per heavy atom. The SMILES string of the molecule is C=C[C@@H]1[C@H](C)N1S(C)(=O)=O. The quantitative estimate of drug-likeness (QED) is 0.428. The highest BCUT2D eigenvalue weighted by Gasteiger charge is 2.48. The maximum atomic E-state index is 10.9. The molecular weight excluding hydrogens is 150 g/mol. The van der Waals surface area contributed by atoms with Gasteiger partial charge in [-0.2, -0.15) is 4.31 Å². The van der Waals surface area contributed by atoms with Gasteiger partial charge in [0, 0.05) is 6.04 Å². The molecule has 1 saturated heterocycles. The Morgan fingerprint density at radius 3 is 2.20 bits per heavy atom. The molecule has 1 aliphatic rings. The van der Waals surface area contributed by atoms with Gasteiger partial charge in [-0.3, -0.25) is 0 Å². The molecule has 3 atom stereocenters. The van der Waals surface area contributed by atoms with E-state index in [-0.39, 0.29) is 12.1 Å². The van der Waals surface area contributed by atoms with Gasteiger partial charge in [0.25, 0.3) is 0 Å². The predicted octanol–water partition coefficient (Wildman–Crippen LogP) is 0.205. The summed E-state index contributed by atoms with van der Waals surface area (Å²) >= 11 is 0. The Hall–Kier alpha value is -0.350. The van der Waals surface area contributed by atoms with Crippen LogP contribution in [0, 0.1) is 0 Å². The zero-order valence-corrected chi connectivity index (χ0v) is 6.93. The van der Waals surface area contributed by atoms with E-state index in [1.807, 2.05) is 6.92 Å². The fourth-order valence-electron chi connectivity index (χ4n) is 1.17. The zero-order chi connectivity index (χ0) is 7.94. The topological polar surface area (TPSA) is 37.1 Å². The van der Waals surface area contributed by atoms with Gasteiger partial charge < -0.3 is 0 Å². The summed E-state index contributed by atoms with van der Waals surface area (Å²) in [5, 5.41) is 0. The highest BCUT2D eigenvalue weighted by atomic mass is 32.2. The third kappa shape index (κ3) is 1.09. The first-order valence-corrected chi connectivity index (χ1v) is 4.94. The summed E-state index contributed by atoms with van der Waals surface area (Å²) in [4.78, 5) is 0. The second kappa shape index (κ2) is 2.07. The molecular formula is C6H11NO2S. The Balaban J connectivity index is 2.75. The molecule has 1 aliphatic heterocycles. The first-order valence-electron chi connectivity index (χ1n) is 3.09. The summed E-state index contributed by atoms with van der Waals surface area (Å²) in [6.45, 7) is 5.40. The van der Waals surface area contributed by atoms with Gasteiger partial charge in [-0.1, -0.05) is 6.08 Å². The van der Waals surface area contributed by atoms with Gasteiger partial charge in [0.1, 0.15) is 0 Å². The molecule has 4 heteroatoms. The molecule has 0 aromatic heterocycles. The van der Waals surface area contributed by atoms with Crippen LogP contribution in [0.4, 0.5) is 0 Å². The van der Waals surface area contributed by atoms with Crippen molar-refractivity contribution < 1.29 is 8.42 Å². The standard InChI is InChI=1S/C6H11NO2S/c1-4-6-5(2)7(6)10(3,8)9/h4-6H,1H2,2-3H3/t5-,6+,7?/m0/s1. The van der Waals surface area contributed by atoms with E-state index in [9.17, 15) is 8.42 Å². The molecule has 0 radical (unpaired) electrons. The first kappa shape index (κ1) is 7.75. The van der Waals surface area contributed by atoms with Crippen LogP contribution in [0.15, 0.2) is 12.7 Å². The van der Waals surface area contributed by atoms with Crippen LogP contribution in [0.3, 0.4) is 0 Å². The smallest absolute Gasteiger partial charge is 0.212 e. The lowest BCUT2D eigenvalue weighted by molar-refractivity contribution is 0.558. The van der Waals surface area contributed by atoms with Crippen molar-refractivity contribution in [1.82, 2.24) is 4.31 Å². The number of rotatable bonds is 2. The Kier molecular flexibility index (Phi) is 1.60. The van der Waals surface area contributed by atoms with Gasteiger partial charge in [-0.15, -0.1) is 6.58 Å². The van der Waals surface area contributed by atoms with E-state index in [0.717, 1.165) is 0 Å². The number of nitrogens with zero attached hydrogens (tertiary/aromatic N) is 1. The summed E-state index contributed by atoms with van der Waals surface area (Å²) in [6, 6.07) is 0.155. The second-order valence-corrected chi connectivity index (χ2v) is 4.45. The average molecular weight is 161 g/mol. The van der Waals surface area contributed by atoms with E-state index in [0.29, 0.717) is 0 Å². The molecule has 0 amide bonds. The molecule has 0 aromatic carbocycles. The summed E-state index contributed by atoms with van der Waals surface area (Å²) in [5.74, 6) is 0. The molecule has 1 heterocycles. The zero-order valence-electron chi connectivity index (χ0n) is 6.11. The van der Waals surface area contributed by atoms with Crippen molar-refractivity contribution in [3.8, 4) is 0 Å². The second-order valence-electron chi connectivity index (χ2n) is 2.56. The van der Waals surface area contributed by atoms with Crippen LogP contribution in [-0.4, -0.2) is 31.1 Å². The normalized spacial score (nSPS) is 39.2. The van der Waals surface area contributed by atoms with Crippen LogP contribution in [0.2, 0.25) is 0 Å². The van der Waals surface area contributed by atoms with E-state index in [1.54, 1.807) is 6.08 Å². The third-order valence-electron chi connectivity index (χ3n) is 1.72. The van der Waals surface area contributed by atoms with E-state index in [2.05, 4.69) is 6.58 Å². The summed E-state index contributed by atoms with van der Waals surface area (Å²) in [5.41, 5.74) is 0. The lowest BCUT2D eigenvalue weighted by Gasteiger charge is -1.94. The molecule has 0 aromatic rings. The largest absolute Gasteiger partial charge is 0.212 e. The fourth-order valence-corrected chi connectivity index (χ4v) is 2.55. The minimum Gasteiger partial charge on any atom is -0.212 e. The Morgan fingerprint density at radius 1 is 1.60 bits per heavy atom. The highest BCUT2D eigenvalue weighted by molar-refractivity contribution is 7.88. The van der Waals surface area contributed by atoms with Gasteiger partial charge in [0.05, 0.1) is 12.3 Å². The van der Waals surface area contributed by atoms with Gasteiger partial charge >= 0.3 is 0 Å². The van der Waals surface area contributed by atoms with Gasteiger partial charge in [0.15, 0.2) is 0 Å². The van der Waals surface area contributed by atoms with Crippen LogP contribution in [-0.2, 0) is 10.0 Å². The maximum absolute atomic E-state index is 10.9. The lowest BCUT2D eigenvalue weighted by atomic mass is 10.3. The molecule has 10 heavy (non-hydrogen) atoms. The van der Waals surface area contributed by atoms with E-state index in [4.69, 9.17) is 0 Å². The van der Waals surface area contributed by atoms with E-state index in [1.165, 1.54) is 10.6 Å². The monoisotopic (exact) mass is 161 g/mol. The molecule has 0 spiro atoms. The van der Waals surface area contributed by atoms with Crippen molar-refractivity contribution in [2.75, 3.05) is 6.26 Å². The van der Waals surface area contributed by atoms with Gasteiger partial charge in [0.2, 0.25) is 10.0 Å². The van der Waals surface area contributed by atoms with Gasteiger partial charge in [-0.05, 0) is 6.92 Å². The van der Waals surface area contributed by atoms with Crippen LogP contribution < -0.4 is 0 Å². The van der Waals surface area contributed by atoms with Crippen molar-refractivity contribution >= 4 is 10.0 Å². The molecule has 0 aliphatic carbocycles. The minimum absolute atomic E-state index is 0.0370. The molecule has 1 fully saturated rings. The van der Waals surface area contributed by atoms with Crippen molar-refractivity contribution in [1.29, 1.82) is 0 Å². The van der Waals surface area contributed by atoms with Crippen LogP contribution in [0.1, 0.15) is 6.92 Å². The average Bonchev–Trinajstić information content (AvgIpc) is 2.39. The van der Waals surface area contributed by atoms with Crippen LogP contribution in [0.25, 0.3) is 0 Å². The first-order chi connectivity index (χ1) is 4.48.